The lowest BCUT2D eigenvalue weighted by molar-refractivity contribution is -0.129. The molecule has 27 heavy (non-hydrogen) atoms. The SMILES string of the molecule is CC(=O)N1CCN(Cc2ccc(C)s2)CC(Cc2cn3ccnc3cn2)C1. The lowest BCUT2D eigenvalue weighted by Crippen LogP contribution is -2.34. The number of hydrogen-bond acceptors (Lipinski definition) is 5. The lowest BCUT2D eigenvalue weighted by Gasteiger charge is -2.23. The number of aryl methyl sites for hydroxylation is 1. The second-order valence-electron chi connectivity index (χ2n) is 7.35. The highest BCUT2D eigenvalue weighted by atomic mass is 32.1. The number of carbonyl (C=O) groups excluding carboxylic acids is 1. The molecule has 1 aliphatic heterocycles. The van der Waals surface area contributed by atoms with Gasteiger partial charge >= 0.3 is 0 Å². The van der Waals surface area contributed by atoms with Gasteiger partial charge in [-0.15, -0.1) is 11.3 Å². The van der Waals surface area contributed by atoms with Crippen LogP contribution in [0, 0.1) is 12.8 Å². The first-order chi connectivity index (χ1) is 13.1. The zero-order valence-corrected chi connectivity index (χ0v) is 16.7. The molecule has 1 atom stereocenters. The Morgan fingerprint density at radius 1 is 1.26 bits per heavy atom. The molecule has 1 unspecified atom stereocenters. The number of nitrogens with zero attached hydrogens (tertiary/aromatic N) is 5. The first-order valence-electron chi connectivity index (χ1n) is 9.37. The van der Waals surface area contributed by atoms with Crippen LogP contribution in [0.4, 0.5) is 0 Å². The highest BCUT2D eigenvalue weighted by Crippen LogP contribution is 2.21. The van der Waals surface area contributed by atoms with Gasteiger partial charge in [0, 0.05) is 68.0 Å². The minimum atomic E-state index is 0.159. The van der Waals surface area contributed by atoms with Gasteiger partial charge in [0.25, 0.3) is 0 Å². The van der Waals surface area contributed by atoms with Crippen LogP contribution in [0.15, 0.2) is 36.9 Å². The number of hydrogen-bond donors (Lipinski definition) is 0. The number of thiophene rings is 1. The van der Waals surface area contributed by atoms with Crippen LogP contribution in [0.2, 0.25) is 0 Å². The van der Waals surface area contributed by atoms with Crippen LogP contribution >= 0.6 is 11.3 Å². The minimum Gasteiger partial charge on any atom is -0.341 e. The van der Waals surface area contributed by atoms with Gasteiger partial charge in [-0.25, -0.2) is 4.98 Å². The molecule has 1 saturated heterocycles. The Hall–Kier alpha value is -2.25. The highest BCUT2D eigenvalue weighted by molar-refractivity contribution is 7.11. The molecule has 3 aromatic heterocycles. The van der Waals surface area contributed by atoms with Gasteiger partial charge in [0.2, 0.25) is 5.91 Å². The Balaban J connectivity index is 1.50. The molecule has 0 aromatic carbocycles. The summed E-state index contributed by atoms with van der Waals surface area (Å²) in [5, 5.41) is 0. The molecule has 0 spiro atoms. The molecule has 0 aliphatic carbocycles. The van der Waals surface area contributed by atoms with Gasteiger partial charge in [-0.05, 0) is 31.4 Å². The quantitative estimate of drug-likeness (QED) is 0.695. The van der Waals surface area contributed by atoms with E-state index in [4.69, 9.17) is 0 Å². The normalized spacial score (nSPS) is 18.7. The zero-order valence-electron chi connectivity index (χ0n) is 15.8. The van der Waals surface area contributed by atoms with Crippen LogP contribution < -0.4 is 0 Å². The van der Waals surface area contributed by atoms with E-state index in [2.05, 4.69) is 40.1 Å². The summed E-state index contributed by atoms with van der Waals surface area (Å²) in [4.78, 5) is 28.1. The van der Waals surface area contributed by atoms with Crippen molar-refractivity contribution in [1.82, 2.24) is 24.2 Å². The van der Waals surface area contributed by atoms with Crippen molar-refractivity contribution >= 4 is 22.9 Å². The summed E-state index contributed by atoms with van der Waals surface area (Å²) in [6, 6.07) is 4.40. The third-order valence-electron chi connectivity index (χ3n) is 5.13. The Morgan fingerprint density at radius 3 is 2.93 bits per heavy atom. The Bertz CT molecular complexity index is 933. The average molecular weight is 384 g/mol. The fraction of sp³-hybridized carbons (Fsp3) is 0.450. The number of aromatic nitrogens is 3. The Kier molecular flexibility index (Phi) is 5.22. The third-order valence-corrected chi connectivity index (χ3v) is 6.12. The van der Waals surface area contributed by atoms with Gasteiger partial charge in [0.15, 0.2) is 5.65 Å². The molecule has 0 saturated carbocycles. The van der Waals surface area contributed by atoms with E-state index in [0.29, 0.717) is 5.92 Å². The van der Waals surface area contributed by atoms with Crippen molar-refractivity contribution < 1.29 is 4.79 Å². The average Bonchev–Trinajstić information content (AvgIpc) is 3.20. The number of fused-ring (bicyclic) bond motifs is 1. The molecule has 7 heteroatoms. The van der Waals surface area contributed by atoms with Crippen molar-refractivity contribution in [2.24, 2.45) is 5.92 Å². The van der Waals surface area contributed by atoms with Gasteiger partial charge in [0.05, 0.1) is 11.9 Å². The summed E-state index contributed by atoms with van der Waals surface area (Å²) >= 11 is 1.86. The van der Waals surface area contributed by atoms with E-state index in [1.54, 1.807) is 13.1 Å². The number of rotatable bonds is 4. The number of imidazole rings is 1. The lowest BCUT2D eigenvalue weighted by atomic mass is 10.0. The van der Waals surface area contributed by atoms with Crippen molar-refractivity contribution in [3.63, 3.8) is 0 Å². The summed E-state index contributed by atoms with van der Waals surface area (Å²) in [7, 11) is 0. The van der Waals surface area contributed by atoms with E-state index < -0.39 is 0 Å². The highest BCUT2D eigenvalue weighted by Gasteiger charge is 2.25. The van der Waals surface area contributed by atoms with Crippen molar-refractivity contribution in [2.75, 3.05) is 26.2 Å². The maximum Gasteiger partial charge on any atom is 0.219 e. The van der Waals surface area contributed by atoms with Gasteiger partial charge < -0.3 is 9.30 Å². The third kappa shape index (κ3) is 4.36. The number of amides is 1. The molecule has 0 bridgehead atoms. The van der Waals surface area contributed by atoms with E-state index in [1.165, 1.54) is 9.75 Å². The summed E-state index contributed by atoms with van der Waals surface area (Å²) < 4.78 is 2.01. The van der Waals surface area contributed by atoms with Crippen LogP contribution in [0.5, 0.6) is 0 Å². The van der Waals surface area contributed by atoms with Crippen molar-refractivity contribution in [1.29, 1.82) is 0 Å². The number of carbonyl (C=O) groups is 1. The van der Waals surface area contributed by atoms with E-state index in [9.17, 15) is 4.79 Å². The smallest absolute Gasteiger partial charge is 0.219 e. The molecule has 142 valence electrons. The van der Waals surface area contributed by atoms with Crippen LogP contribution in [0.25, 0.3) is 5.65 Å². The van der Waals surface area contributed by atoms with Crippen molar-refractivity contribution in [3.05, 3.63) is 52.4 Å². The molecule has 4 rings (SSSR count). The predicted molar refractivity (Wildman–Crippen MR) is 107 cm³/mol. The molecular weight excluding hydrogens is 358 g/mol. The van der Waals surface area contributed by atoms with Gasteiger partial charge in [-0.1, -0.05) is 0 Å². The molecule has 6 nitrogen and oxygen atoms in total. The van der Waals surface area contributed by atoms with Crippen LogP contribution in [0.3, 0.4) is 0 Å². The summed E-state index contributed by atoms with van der Waals surface area (Å²) in [5.41, 5.74) is 1.91. The van der Waals surface area contributed by atoms with Crippen molar-refractivity contribution in [2.45, 2.75) is 26.8 Å². The molecule has 1 aliphatic rings. The Morgan fingerprint density at radius 2 is 2.15 bits per heavy atom. The molecule has 3 aromatic rings. The second kappa shape index (κ2) is 7.78. The van der Waals surface area contributed by atoms with Crippen LogP contribution in [0.1, 0.15) is 22.4 Å². The Labute approximate surface area is 163 Å². The molecule has 0 N–H and O–H groups in total. The van der Waals surface area contributed by atoms with Crippen LogP contribution in [-0.2, 0) is 17.8 Å². The fourth-order valence-electron chi connectivity index (χ4n) is 3.80. The largest absolute Gasteiger partial charge is 0.341 e. The summed E-state index contributed by atoms with van der Waals surface area (Å²) in [5.74, 6) is 0.526. The summed E-state index contributed by atoms with van der Waals surface area (Å²) in [6.07, 6.45) is 8.47. The van der Waals surface area contributed by atoms with Gasteiger partial charge in [-0.3, -0.25) is 14.7 Å². The molecule has 1 amide bonds. The zero-order chi connectivity index (χ0) is 18.8. The standard InChI is InChI=1S/C20H25N5OS/c1-15-3-4-19(27-15)14-23-7-8-24(16(2)26)12-17(11-23)9-18-13-25-6-5-21-20(25)10-22-18/h3-6,10,13,17H,7-9,11-12,14H2,1-2H3. The monoisotopic (exact) mass is 383 g/mol. The molecule has 0 radical (unpaired) electrons. The predicted octanol–water partition coefficient (Wildman–Crippen LogP) is 2.62. The van der Waals surface area contributed by atoms with E-state index in [0.717, 1.165) is 50.5 Å². The maximum absolute atomic E-state index is 12.0. The minimum absolute atomic E-state index is 0.159. The van der Waals surface area contributed by atoms with Gasteiger partial charge in [0.1, 0.15) is 0 Å². The molecule has 1 fully saturated rings. The van der Waals surface area contributed by atoms with E-state index in [-0.39, 0.29) is 5.91 Å². The van der Waals surface area contributed by atoms with Gasteiger partial charge in [-0.2, -0.15) is 0 Å². The first kappa shape index (κ1) is 18.1. The molecular formula is C20H25N5OS. The fourth-order valence-corrected chi connectivity index (χ4v) is 4.73. The molecule has 4 heterocycles. The first-order valence-corrected chi connectivity index (χ1v) is 10.2. The summed E-state index contributed by atoms with van der Waals surface area (Å²) in [6.45, 7) is 8.25. The topological polar surface area (TPSA) is 53.7 Å². The van der Waals surface area contributed by atoms with Crippen LogP contribution in [-0.4, -0.2) is 56.3 Å². The van der Waals surface area contributed by atoms with Crippen molar-refractivity contribution in [3.8, 4) is 0 Å². The maximum atomic E-state index is 12.0. The van der Waals surface area contributed by atoms with E-state index >= 15 is 0 Å². The second-order valence-corrected chi connectivity index (χ2v) is 8.73. The van der Waals surface area contributed by atoms with E-state index in [1.807, 2.05) is 33.0 Å².